The molecule has 1 atom stereocenters. The van der Waals surface area contributed by atoms with Gasteiger partial charge in [0.05, 0.1) is 29.5 Å². The molecule has 0 spiro atoms. The number of rotatable bonds is 7. The van der Waals surface area contributed by atoms with E-state index in [1.54, 1.807) is 60.7 Å². The summed E-state index contributed by atoms with van der Waals surface area (Å²) in [5.41, 5.74) is 1.40. The zero-order valence-electron chi connectivity index (χ0n) is 23.2. The molecule has 4 aromatic carbocycles. The maximum atomic E-state index is 14.1. The van der Waals surface area contributed by atoms with Crippen LogP contribution in [0.2, 0.25) is 5.02 Å². The molecule has 2 aliphatic rings. The molecule has 0 aliphatic carbocycles. The van der Waals surface area contributed by atoms with Crippen LogP contribution in [0.25, 0.3) is 0 Å². The number of piperazine rings is 1. The van der Waals surface area contributed by atoms with E-state index in [1.807, 2.05) is 0 Å². The summed E-state index contributed by atoms with van der Waals surface area (Å²) in [6.07, 6.45) is 0. The lowest BCUT2D eigenvalue weighted by atomic mass is 10.1. The largest absolute Gasteiger partial charge is 0.334 e. The minimum absolute atomic E-state index is 0.0485. The van der Waals surface area contributed by atoms with Crippen LogP contribution in [0.3, 0.4) is 0 Å². The minimum Gasteiger partial charge on any atom is -0.334 e. The van der Waals surface area contributed by atoms with Gasteiger partial charge in [-0.3, -0.25) is 13.9 Å². The summed E-state index contributed by atoms with van der Waals surface area (Å²) in [7, 11) is -4.36. The second-order valence-electron chi connectivity index (χ2n) is 10.4. The number of nitrogens with zero attached hydrogens (tertiary/aromatic N) is 4. The predicted molar refractivity (Wildman–Crippen MR) is 163 cm³/mol. The average Bonchev–Trinajstić information content (AvgIpc) is 3.29. The summed E-state index contributed by atoms with van der Waals surface area (Å²) in [6, 6.07) is 25.2. The van der Waals surface area contributed by atoms with Crippen molar-refractivity contribution in [1.29, 1.82) is 0 Å². The van der Waals surface area contributed by atoms with Crippen LogP contribution in [0.5, 0.6) is 0 Å². The molecule has 1 unspecified atom stereocenters. The van der Waals surface area contributed by atoms with Crippen molar-refractivity contribution in [3.63, 3.8) is 0 Å². The Bertz CT molecular complexity index is 1840. The molecule has 9 nitrogen and oxygen atoms in total. The number of hydrogen-bond acceptors (Lipinski definition) is 5. The molecule has 4 amide bonds. The summed E-state index contributed by atoms with van der Waals surface area (Å²) in [6.45, 7) is 0.171. The summed E-state index contributed by atoms with van der Waals surface area (Å²) >= 11 is 6.43. The van der Waals surface area contributed by atoms with Crippen molar-refractivity contribution in [2.24, 2.45) is 0 Å². The molecule has 2 saturated heterocycles. The topological polar surface area (TPSA) is 98.3 Å². The number of carbonyl (C=O) groups is 3. The molecule has 0 radical (unpaired) electrons. The zero-order chi connectivity index (χ0) is 31.0. The Labute approximate surface area is 258 Å². The molecule has 6 rings (SSSR count). The number of anilines is 2. The third-order valence-corrected chi connectivity index (χ3v) is 9.91. The van der Waals surface area contributed by atoms with Crippen LogP contribution in [0.15, 0.2) is 108 Å². The molecule has 0 bridgehead atoms. The third-order valence-electron chi connectivity index (χ3n) is 7.65. The summed E-state index contributed by atoms with van der Waals surface area (Å²) in [5.74, 6) is -1.47. The van der Waals surface area contributed by atoms with Crippen molar-refractivity contribution in [2.75, 3.05) is 28.8 Å². The van der Waals surface area contributed by atoms with E-state index >= 15 is 0 Å². The van der Waals surface area contributed by atoms with E-state index in [0.29, 0.717) is 11.3 Å². The van der Waals surface area contributed by atoms with E-state index in [4.69, 9.17) is 11.6 Å². The Morgan fingerprint density at radius 2 is 1.55 bits per heavy atom. The fourth-order valence-corrected chi connectivity index (χ4v) is 7.36. The number of para-hydroxylation sites is 1. The van der Waals surface area contributed by atoms with Gasteiger partial charge in [-0.05, 0) is 60.2 Å². The Morgan fingerprint density at radius 1 is 0.886 bits per heavy atom. The standard InChI is InChI=1S/C32H26ClFN4O5S/c33-27-16-11-23(30(39)35-17-18-36-28(21-35)31(40)38(32(36)41)26-9-5-2-6-10-26)19-29(27)44(42,43)37(20-22-7-3-1-4-8-22)25-14-12-24(34)13-15-25/h1-16,19,28H,17-18,20-21H2. The third kappa shape index (κ3) is 5.40. The number of hydrogen-bond donors (Lipinski definition) is 0. The van der Waals surface area contributed by atoms with Gasteiger partial charge in [0.15, 0.2) is 0 Å². The number of amides is 4. The molecule has 0 N–H and O–H groups in total. The van der Waals surface area contributed by atoms with Gasteiger partial charge in [0.2, 0.25) is 0 Å². The van der Waals surface area contributed by atoms with E-state index in [-0.39, 0.29) is 47.3 Å². The van der Waals surface area contributed by atoms with Crippen LogP contribution in [-0.4, -0.2) is 61.7 Å². The van der Waals surface area contributed by atoms with E-state index < -0.39 is 39.7 Å². The van der Waals surface area contributed by atoms with E-state index in [1.165, 1.54) is 40.1 Å². The average molecular weight is 633 g/mol. The first-order valence-corrected chi connectivity index (χ1v) is 15.6. The monoisotopic (exact) mass is 632 g/mol. The SMILES string of the molecule is O=C(c1ccc(Cl)c(S(=O)(=O)N(Cc2ccccc2)c2ccc(F)cc2)c1)N1CCN2C(=O)N(c3ccccc3)C(=O)C2C1. The zero-order valence-corrected chi connectivity index (χ0v) is 24.8. The molecule has 4 aromatic rings. The van der Waals surface area contributed by atoms with Gasteiger partial charge in [0.1, 0.15) is 16.8 Å². The number of fused-ring (bicyclic) bond motifs is 1. The van der Waals surface area contributed by atoms with E-state index in [9.17, 15) is 27.2 Å². The number of imide groups is 1. The quantitative estimate of drug-likeness (QED) is 0.262. The molecular weight excluding hydrogens is 607 g/mol. The highest BCUT2D eigenvalue weighted by atomic mass is 35.5. The number of sulfonamides is 1. The van der Waals surface area contributed by atoms with Crippen LogP contribution in [0.1, 0.15) is 15.9 Å². The Balaban J connectivity index is 1.29. The molecule has 0 saturated carbocycles. The van der Waals surface area contributed by atoms with Gasteiger partial charge < -0.3 is 9.80 Å². The lowest BCUT2D eigenvalue weighted by Crippen LogP contribution is -2.54. The van der Waals surface area contributed by atoms with Crippen LogP contribution in [0, 0.1) is 5.82 Å². The molecular formula is C32H26ClFN4O5S. The number of halogens is 2. The molecule has 2 fully saturated rings. The second-order valence-corrected chi connectivity index (χ2v) is 12.6. The van der Waals surface area contributed by atoms with Gasteiger partial charge in [0.25, 0.3) is 21.8 Å². The number of carbonyl (C=O) groups excluding carboxylic acids is 3. The van der Waals surface area contributed by atoms with E-state index in [2.05, 4.69) is 0 Å². The molecule has 224 valence electrons. The smallest absolute Gasteiger partial charge is 0.332 e. The van der Waals surface area contributed by atoms with Gasteiger partial charge in [0, 0.05) is 18.7 Å². The highest BCUT2D eigenvalue weighted by Gasteiger charge is 2.49. The Kier molecular flexibility index (Phi) is 7.83. The van der Waals surface area contributed by atoms with Crippen molar-refractivity contribution in [3.05, 3.63) is 125 Å². The minimum atomic E-state index is -4.36. The van der Waals surface area contributed by atoms with Crippen LogP contribution >= 0.6 is 11.6 Å². The Morgan fingerprint density at radius 3 is 2.23 bits per heavy atom. The van der Waals surface area contributed by atoms with Crippen LogP contribution in [-0.2, 0) is 21.4 Å². The van der Waals surface area contributed by atoms with Gasteiger partial charge in [-0.15, -0.1) is 0 Å². The predicted octanol–water partition coefficient (Wildman–Crippen LogP) is 5.17. The van der Waals surface area contributed by atoms with Crippen molar-refractivity contribution >= 4 is 50.8 Å². The van der Waals surface area contributed by atoms with Crippen molar-refractivity contribution in [3.8, 4) is 0 Å². The number of urea groups is 1. The maximum Gasteiger partial charge on any atom is 0.332 e. The summed E-state index contributed by atoms with van der Waals surface area (Å²) < 4.78 is 43.1. The molecule has 2 heterocycles. The molecule has 2 aliphatic heterocycles. The van der Waals surface area contributed by atoms with Crippen molar-refractivity contribution in [2.45, 2.75) is 17.5 Å². The molecule has 12 heteroatoms. The van der Waals surface area contributed by atoms with Crippen LogP contribution < -0.4 is 9.21 Å². The van der Waals surface area contributed by atoms with Crippen LogP contribution in [0.4, 0.5) is 20.6 Å². The highest BCUT2D eigenvalue weighted by Crippen LogP contribution is 2.32. The molecule has 0 aromatic heterocycles. The first-order valence-electron chi connectivity index (χ1n) is 13.8. The van der Waals surface area contributed by atoms with Crippen molar-refractivity contribution < 1.29 is 27.2 Å². The second kappa shape index (κ2) is 11.7. The highest BCUT2D eigenvalue weighted by molar-refractivity contribution is 7.93. The fourth-order valence-electron chi connectivity index (χ4n) is 5.40. The first kappa shape index (κ1) is 29.3. The fraction of sp³-hybridized carbons (Fsp3) is 0.156. The van der Waals surface area contributed by atoms with Crippen molar-refractivity contribution in [1.82, 2.24) is 9.80 Å². The Hall–Kier alpha value is -4.74. The summed E-state index contributed by atoms with van der Waals surface area (Å²) in [4.78, 5) is 43.7. The molecule has 44 heavy (non-hydrogen) atoms. The first-order chi connectivity index (χ1) is 21.1. The summed E-state index contributed by atoms with van der Waals surface area (Å²) in [5, 5.41) is -0.0957. The van der Waals surface area contributed by atoms with Gasteiger partial charge in [-0.1, -0.05) is 60.1 Å². The normalized spacial score (nSPS) is 16.7. The van der Waals surface area contributed by atoms with Gasteiger partial charge in [-0.2, -0.15) is 0 Å². The van der Waals surface area contributed by atoms with Gasteiger partial charge in [-0.25, -0.2) is 22.5 Å². The number of benzene rings is 4. The van der Waals surface area contributed by atoms with E-state index in [0.717, 1.165) is 21.3 Å². The lowest BCUT2D eigenvalue weighted by molar-refractivity contribution is -0.120. The maximum absolute atomic E-state index is 14.1. The van der Waals surface area contributed by atoms with Gasteiger partial charge >= 0.3 is 6.03 Å². The lowest BCUT2D eigenvalue weighted by Gasteiger charge is -2.35.